The molecule has 2 heterocycles. The first-order valence-electron chi connectivity index (χ1n) is 7.10. The van der Waals surface area contributed by atoms with Gasteiger partial charge in [-0.3, -0.25) is 4.90 Å². The van der Waals surface area contributed by atoms with Gasteiger partial charge in [0.2, 0.25) is 0 Å². The molecule has 1 aromatic heterocycles. The lowest BCUT2D eigenvalue weighted by Crippen LogP contribution is -2.39. The summed E-state index contributed by atoms with van der Waals surface area (Å²) in [6.45, 7) is 4.11. The normalized spacial score (nSPS) is 20.5. The number of piperidine rings is 1. The Kier molecular flexibility index (Phi) is 5.10. The second kappa shape index (κ2) is 6.82. The second-order valence-corrected chi connectivity index (χ2v) is 5.19. The van der Waals surface area contributed by atoms with E-state index < -0.39 is 0 Å². The van der Waals surface area contributed by atoms with Gasteiger partial charge in [-0.2, -0.15) is 0 Å². The van der Waals surface area contributed by atoms with E-state index in [0.29, 0.717) is 6.04 Å². The molecular formula is C14H24N4O. The van der Waals surface area contributed by atoms with Crippen LogP contribution >= 0.6 is 0 Å². The van der Waals surface area contributed by atoms with Crippen LogP contribution in [0.2, 0.25) is 0 Å². The Hall–Kier alpha value is -1.20. The Morgan fingerprint density at radius 3 is 3.00 bits per heavy atom. The molecule has 1 aliphatic heterocycles. The van der Waals surface area contributed by atoms with Crippen LogP contribution in [-0.2, 0) is 6.54 Å². The van der Waals surface area contributed by atoms with E-state index in [1.165, 1.54) is 19.3 Å². The van der Waals surface area contributed by atoms with Gasteiger partial charge in [-0.15, -0.1) is 0 Å². The highest BCUT2D eigenvalue weighted by Gasteiger charge is 2.22. The van der Waals surface area contributed by atoms with Gasteiger partial charge in [-0.05, 0) is 32.7 Å². The van der Waals surface area contributed by atoms with Crippen LogP contribution in [0.3, 0.4) is 0 Å². The predicted octanol–water partition coefficient (Wildman–Crippen LogP) is 1.56. The van der Waals surface area contributed by atoms with Gasteiger partial charge in [0.15, 0.2) is 0 Å². The third kappa shape index (κ3) is 3.88. The van der Waals surface area contributed by atoms with Gasteiger partial charge in [-0.1, -0.05) is 6.42 Å². The number of aliphatic hydroxyl groups excluding tert-OH is 1. The molecule has 0 radical (unpaired) electrons. The smallest absolute Gasteiger partial charge is 0.144 e. The Balaban J connectivity index is 2.07. The summed E-state index contributed by atoms with van der Waals surface area (Å²) in [5.74, 6) is 1.74. The van der Waals surface area contributed by atoms with E-state index >= 15 is 0 Å². The first kappa shape index (κ1) is 14.2. The van der Waals surface area contributed by atoms with Crippen LogP contribution in [0.25, 0.3) is 0 Å². The van der Waals surface area contributed by atoms with Crippen molar-refractivity contribution in [2.45, 2.75) is 45.2 Å². The van der Waals surface area contributed by atoms with E-state index in [4.69, 9.17) is 5.11 Å². The van der Waals surface area contributed by atoms with Crippen molar-refractivity contribution in [1.82, 2.24) is 14.9 Å². The quantitative estimate of drug-likeness (QED) is 0.845. The lowest BCUT2D eigenvalue weighted by atomic mass is 10.00. The zero-order valence-corrected chi connectivity index (χ0v) is 11.9. The summed E-state index contributed by atoms with van der Waals surface area (Å²) in [6.07, 6.45) is 4.51. The van der Waals surface area contributed by atoms with E-state index in [9.17, 15) is 0 Å². The summed E-state index contributed by atoms with van der Waals surface area (Å²) < 4.78 is 0. The Morgan fingerprint density at radius 1 is 1.42 bits per heavy atom. The topological polar surface area (TPSA) is 61.3 Å². The van der Waals surface area contributed by atoms with Crippen LogP contribution in [-0.4, -0.2) is 46.2 Å². The van der Waals surface area contributed by atoms with Gasteiger partial charge in [0.05, 0.1) is 6.54 Å². The molecule has 2 rings (SSSR count). The van der Waals surface area contributed by atoms with Crippen LogP contribution in [0.5, 0.6) is 0 Å². The third-order valence-electron chi connectivity index (χ3n) is 3.71. The van der Waals surface area contributed by atoms with Crippen LogP contribution in [0.4, 0.5) is 5.82 Å². The second-order valence-electron chi connectivity index (χ2n) is 5.19. The van der Waals surface area contributed by atoms with E-state index in [-0.39, 0.29) is 6.61 Å². The van der Waals surface area contributed by atoms with Crippen molar-refractivity contribution < 1.29 is 5.11 Å². The van der Waals surface area contributed by atoms with Crippen LogP contribution in [0.1, 0.15) is 37.2 Å². The van der Waals surface area contributed by atoms with Crippen molar-refractivity contribution in [1.29, 1.82) is 0 Å². The highest BCUT2D eigenvalue weighted by Crippen LogP contribution is 2.21. The molecular weight excluding hydrogens is 240 g/mol. The van der Waals surface area contributed by atoms with Gasteiger partial charge in [-0.25, -0.2) is 9.97 Å². The van der Waals surface area contributed by atoms with Gasteiger partial charge in [0.25, 0.3) is 0 Å². The van der Waals surface area contributed by atoms with Gasteiger partial charge >= 0.3 is 0 Å². The molecule has 19 heavy (non-hydrogen) atoms. The largest absolute Gasteiger partial charge is 0.396 e. The molecule has 0 saturated carbocycles. The first-order valence-corrected chi connectivity index (χ1v) is 7.10. The Labute approximate surface area is 115 Å². The molecule has 1 fully saturated rings. The van der Waals surface area contributed by atoms with E-state index in [1.807, 2.05) is 20.0 Å². The number of aromatic nitrogens is 2. The fourth-order valence-electron chi connectivity index (χ4n) is 2.75. The maximum Gasteiger partial charge on any atom is 0.144 e. The fraction of sp³-hybridized carbons (Fsp3) is 0.714. The lowest BCUT2D eigenvalue weighted by Gasteiger charge is -2.35. The van der Waals surface area contributed by atoms with Crippen LogP contribution < -0.4 is 5.32 Å². The highest BCUT2D eigenvalue weighted by atomic mass is 16.3. The number of rotatable bonds is 5. The summed E-state index contributed by atoms with van der Waals surface area (Å²) in [5, 5.41) is 12.2. The van der Waals surface area contributed by atoms with E-state index in [2.05, 4.69) is 20.2 Å². The number of nitrogens with one attached hydrogen (secondary N) is 1. The van der Waals surface area contributed by atoms with Gasteiger partial charge in [0.1, 0.15) is 11.6 Å². The summed E-state index contributed by atoms with van der Waals surface area (Å²) in [4.78, 5) is 11.4. The third-order valence-corrected chi connectivity index (χ3v) is 3.71. The molecule has 106 valence electrons. The molecule has 5 heteroatoms. The monoisotopic (exact) mass is 264 g/mol. The molecule has 0 bridgehead atoms. The molecule has 0 aliphatic carbocycles. The number of likely N-dealkylation sites (tertiary alicyclic amines) is 1. The van der Waals surface area contributed by atoms with Crippen molar-refractivity contribution in [3.8, 4) is 0 Å². The zero-order valence-electron chi connectivity index (χ0n) is 11.9. The standard InChI is InChI=1S/C14H24N4O/c1-11-9-13(15-2)17-14(16-11)10-18-7-4-3-5-12(18)6-8-19/h9,12,19H,3-8,10H2,1-2H3,(H,15,16,17). The minimum atomic E-state index is 0.262. The molecule has 1 aliphatic rings. The van der Waals surface area contributed by atoms with Crippen LogP contribution in [0.15, 0.2) is 6.07 Å². The van der Waals surface area contributed by atoms with Gasteiger partial charge in [0, 0.05) is 31.5 Å². The number of hydrogen-bond donors (Lipinski definition) is 2. The van der Waals surface area contributed by atoms with Crippen molar-refractivity contribution in [2.24, 2.45) is 0 Å². The van der Waals surface area contributed by atoms with Crippen molar-refractivity contribution >= 4 is 5.82 Å². The zero-order chi connectivity index (χ0) is 13.7. The predicted molar refractivity (Wildman–Crippen MR) is 76.1 cm³/mol. The SMILES string of the molecule is CNc1cc(C)nc(CN2CCCCC2CCO)n1. The van der Waals surface area contributed by atoms with E-state index in [1.54, 1.807) is 0 Å². The first-order chi connectivity index (χ1) is 9.22. The molecule has 1 atom stereocenters. The summed E-state index contributed by atoms with van der Waals surface area (Å²) in [5.41, 5.74) is 0.991. The minimum Gasteiger partial charge on any atom is -0.396 e. The summed E-state index contributed by atoms with van der Waals surface area (Å²) in [6, 6.07) is 2.42. The van der Waals surface area contributed by atoms with Gasteiger partial charge < -0.3 is 10.4 Å². The van der Waals surface area contributed by atoms with Crippen molar-refractivity contribution in [2.75, 3.05) is 25.5 Å². The number of anilines is 1. The van der Waals surface area contributed by atoms with E-state index in [0.717, 1.165) is 36.8 Å². The average Bonchev–Trinajstić information content (AvgIpc) is 2.40. The molecule has 0 spiro atoms. The molecule has 1 unspecified atom stereocenters. The van der Waals surface area contributed by atoms with Crippen molar-refractivity contribution in [3.63, 3.8) is 0 Å². The molecule has 5 nitrogen and oxygen atoms in total. The molecule has 0 aromatic carbocycles. The molecule has 0 amide bonds. The Bertz CT molecular complexity index is 408. The van der Waals surface area contributed by atoms with Crippen LogP contribution in [0, 0.1) is 6.92 Å². The maximum atomic E-state index is 9.16. The Morgan fingerprint density at radius 2 is 2.26 bits per heavy atom. The summed E-state index contributed by atoms with van der Waals surface area (Å²) in [7, 11) is 1.88. The minimum absolute atomic E-state index is 0.262. The average molecular weight is 264 g/mol. The highest BCUT2D eigenvalue weighted by molar-refractivity contribution is 5.34. The number of hydrogen-bond acceptors (Lipinski definition) is 5. The number of nitrogens with zero attached hydrogens (tertiary/aromatic N) is 3. The van der Waals surface area contributed by atoms with Crippen molar-refractivity contribution in [3.05, 3.63) is 17.6 Å². The molecule has 1 aromatic rings. The number of aryl methyl sites for hydroxylation is 1. The maximum absolute atomic E-state index is 9.16. The lowest BCUT2D eigenvalue weighted by molar-refractivity contribution is 0.110. The molecule has 1 saturated heterocycles. The fourth-order valence-corrected chi connectivity index (χ4v) is 2.75. The summed E-state index contributed by atoms with van der Waals surface area (Å²) >= 11 is 0. The molecule has 2 N–H and O–H groups in total. The number of aliphatic hydroxyl groups is 1.